The number of aliphatic hydroxyl groups is 40. The molecule has 0 spiro atoms. The van der Waals surface area contributed by atoms with E-state index in [4.69, 9.17) is 240 Å². The molecule has 0 rings (SSSR count). The average molecular weight is 2040 g/mol. The van der Waals surface area contributed by atoms with Gasteiger partial charge in [0, 0.05) is 0 Å². The van der Waals surface area contributed by atoms with Gasteiger partial charge in [0.25, 0.3) is 0 Å². The summed E-state index contributed by atoms with van der Waals surface area (Å²) in [5, 5.41) is 437. The molecule has 47 N–H and O–H groups in total. The van der Waals surface area contributed by atoms with Crippen LogP contribution in [0.1, 0.15) is 0 Å². The minimum absolute atomic E-state index is 0. The quantitative estimate of drug-likeness (QED) is 0.0199. The first kappa shape index (κ1) is 149. The van der Waals surface area contributed by atoms with E-state index in [-0.39, 0.29) is 131 Å². The molecule has 0 saturated heterocycles. The first-order valence-corrected chi connectivity index (χ1v) is 33.1. The van der Waals surface area contributed by atoms with Gasteiger partial charge in [0.15, 0.2) is 106 Å². The Kier molecular flexibility index (Phi) is 89.7. The van der Waals surface area contributed by atoms with Crippen LogP contribution in [0.25, 0.3) is 0 Å². The fraction of sp³-hybridized carbons (Fsp3) is 0.667. The van der Waals surface area contributed by atoms with Crippen LogP contribution in [0.3, 0.4) is 0 Å². The van der Waals surface area contributed by atoms with Gasteiger partial charge in [0.2, 0.25) is 0 Å². The van der Waals surface area contributed by atoms with Crippen molar-refractivity contribution >= 4 is 123 Å². The van der Waals surface area contributed by atoms with Crippen LogP contribution in [0.5, 0.6) is 0 Å². The number of aliphatic hydroxyl groups excluding tert-OH is 40. The standard InChI is InChI=1S/10C6H10O7.K.Ni/c10*7-1-2(8)3(9)4(10)5(11)6(12)13;;/h10*1-5,8-11H,(H,12,13);;/q;;;;;;;;;;+1;+2/p-3/t10*2-,3+,4+,5-;;/m0000000000../s1. The first-order valence-electron chi connectivity index (χ1n) is 33.1. The summed E-state index contributed by atoms with van der Waals surface area (Å²) >= 11 is 0. The molecule has 70 nitrogen and oxygen atoms in total. The molecule has 0 aliphatic heterocycles. The van der Waals surface area contributed by atoms with Crippen molar-refractivity contribution in [1.82, 2.24) is 0 Å². The molecule has 0 amide bonds. The van der Waals surface area contributed by atoms with Crippen molar-refractivity contribution in [3.8, 4) is 0 Å². The van der Waals surface area contributed by atoms with Crippen LogP contribution >= 0.6 is 0 Å². The molecule has 0 fully saturated rings. The normalized spacial score (nSPS) is 19.7. The van der Waals surface area contributed by atoms with Gasteiger partial charge in [-0.15, -0.1) is 0 Å². The van der Waals surface area contributed by atoms with Gasteiger partial charge in [-0.1, -0.05) is 0 Å². The molecule has 768 valence electrons. The zero-order valence-corrected chi connectivity index (χ0v) is 69.7. The van der Waals surface area contributed by atoms with Gasteiger partial charge < -0.3 is 318 Å². The van der Waals surface area contributed by atoms with Gasteiger partial charge in [-0.05, 0) is 0 Å². The Morgan fingerprint density at radius 3 is 0.250 bits per heavy atom. The van der Waals surface area contributed by atoms with Crippen LogP contribution in [0.4, 0.5) is 0 Å². The predicted octanol–water partition coefficient (Wildman–Crippen LogP) is -39.9. The number of carboxylic acids is 10. The Morgan fingerprint density at radius 2 is 0.205 bits per heavy atom. The fourth-order valence-electron chi connectivity index (χ4n) is 6.13. The van der Waals surface area contributed by atoms with E-state index in [9.17, 15) is 111 Å². The summed E-state index contributed by atoms with van der Waals surface area (Å²) in [6.45, 7) is 0. The van der Waals surface area contributed by atoms with Crippen molar-refractivity contribution in [3.63, 3.8) is 0 Å². The Morgan fingerprint density at radius 1 is 0.144 bits per heavy atom. The second-order valence-electron chi connectivity index (χ2n) is 23.9. The molecule has 132 heavy (non-hydrogen) atoms. The summed E-state index contributed by atoms with van der Waals surface area (Å²) < 4.78 is 0. The zero-order valence-electron chi connectivity index (χ0n) is 65.6. The number of aldehydes is 10. The van der Waals surface area contributed by atoms with Crippen LogP contribution in [0, 0.1) is 0 Å². The summed E-state index contributed by atoms with van der Waals surface area (Å²) in [4.78, 5) is 199. The maximum Gasteiger partial charge on any atom is 2.00 e. The van der Waals surface area contributed by atoms with E-state index in [1.165, 1.54) is 0 Å². The second kappa shape index (κ2) is 79.2. The van der Waals surface area contributed by atoms with Crippen LogP contribution in [-0.2, 0) is 112 Å². The summed E-state index contributed by atoms with van der Waals surface area (Å²) in [6.07, 6.45) is -84.7. The average Bonchev–Trinajstić information content (AvgIpc) is 0.955. The molecule has 0 bridgehead atoms. The van der Waals surface area contributed by atoms with Gasteiger partial charge >= 0.3 is 110 Å². The third-order valence-electron chi connectivity index (χ3n) is 14.1. The molecular weight excluding hydrogens is 1940 g/mol. The summed E-state index contributed by atoms with van der Waals surface area (Å²) in [5.74, 6) is -18.3. The van der Waals surface area contributed by atoms with Crippen LogP contribution in [-0.4, -0.2) is 607 Å². The van der Waals surface area contributed by atoms with Gasteiger partial charge in [0.1, 0.15) is 201 Å². The van der Waals surface area contributed by atoms with Crippen molar-refractivity contribution in [1.29, 1.82) is 0 Å². The topological polar surface area (TPSA) is 1360 Å². The Bertz CT molecular complexity index is 2630. The number of carbonyl (C=O) groups excluding carboxylic acids is 13. The van der Waals surface area contributed by atoms with E-state index in [1.807, 2.05) is 0 Å². The summed E-state index contributed by atoms with van der Waals surface area (Å²) in [7, 11) is 0. The third kappa shape index (κ3) is 60.3. The maximum absolute atomic E-state index is 10.1. The molecule has 72 heteroatoms. The molecule has 0 aliphatic rings. The Balaban J connectivity index is -0.000000121. The van der Waals surface area contributed by atoms with Crippen molar-refractivity contribution in [2.45, 2.75) is 244 Å². The number of carboxylic acid groups (broad SMARTS) is 10. The monoisotopic (exact) mass is 2030 g/mol. The van der Waals surface area contributed by atoms with Gasteiger partial charge in [-0.2, -0.15) is 0 Å². The fourth-order valence-corrected chi connectivity index (χ4v) is 6.13. The molecule has 0 saturated carbocycles. The van der Waals surface area contributed by atoms with E-state index in [0.29, 0.717) is 0 Å². The molecule has 0 heterocycles. The molecule has 0 radical (unpaired) electrons. The van der Waals surface area contributed by atoms with Crippen molar-refractivity contribution in [3.05, 3.63) is 0 Å². The molecule has 0 unspecified atom stereocenters. The Labute approximate surface area is 781 Å². The smallest absolute Gasteiger partial charge is 0.547 e. The van der Waals surface area contributed by atoms with E-state index < -0.39 is 304 Å². The van der Waals surface area contributed by atoms with E-state index in [1.54, 1.807) is 0 Å². The molecule has 40 atom stereocenters. The van der Waals surface area contributed by atoms with Crippen molar-refractivity contribution in [2.75, 3.05) is 0 Å². The summed E-state index contributed by atoms with van der Waals surface area (Å²) in [5.41, 5.74) is 0. The van der Waals surface area contributed by atoms with Crippen LogP contribution in [0.15, 0.2) is 0 Å². The zero-order chi connectivity index (χ0) is 106. The number of carbonyl (C=O) groups is 20. The van der Waals surface area contributed by atoms with E-state index in [2.05, 4.69) is 0 Å². The van der Waals surface area contributed by atoms with Crippen molar-refractivity contribution < 1.29 is 419 Å². The van der Waals surface area contributed by atoms with Gasteiger partial charge in [0.05, 0.1) is 17.9 Å². The minimum Gasteiger partial charge on any atom is -0.547 e. The number of rotatable bonds is 50. The van der Waals surface area contributed by atoms with Crippen LogP contribution in [0.2, 0.25) is 0 Å². The molecule has 0 aliphatic carbocycles. The number of hydrogen-bond donors (Lipinski definition) is 47. The molecule has 0 aromatic heterocycles. The van der Waals surface area contributed by atoms with E-state index in [0.717, 1.165) is 0 Å². The third-order valence-corrected chi connectivity index (χ3v) is 14.1. The predicted molar refractivity (Wildman–Crippen MR) is 369 cm³/mol. The SMILES string of the molecule is O=C[C@H](O)[C@@H](O)[C@@H](O)[C@H](O)C(=O)O.O=C[C@H](O)[C@@H](O)[C@@H](O)[C@H](O)C(=O)O.O=C[C@H](O)[C@@H](O)[C@@H](O)[C@H](O)C(=O)O.O=C[C@H](O)[C@@H](O)[C@@H](O)[C@H](O)C(=O)O.O=C[C@H](O)[C@@H](O)[C@@H](O)[C@H](O)C(=O)O.O=C[C@H](O)[C@@H](O)[C@@H](O)[C@H](O)C(=O)O.O=C[C@H](O)[C@@H](O)[C@@H](O)[C@H](O)C(=O)O.O=C[C@H](O)[C@@H](O)[C@@H](O)[C@H](O)C(=O)[O-].O=C[C@H](O)[C@@H](O)[C@@H](O)[C@H](O)C(=O)[O-].O=C[C@H](O)[C@@H](O)[C@@H](O)[C@H](O)C(=O)[O-].[K+].[Ni+2]. The molecular formula is C60H97KNiO70. The van der Waals surface area contributed by atoms with Gasteiger partial charge in [-0.25, -0.2) is 33.6 Å². The second-order valence-corrected chi connectivity index (χ2v) is 23.9. The number of hydrogen-bond acceptors (Lipinski definition) is 63. The summed E-state index contributed by atoms with van der Waals surface area (Å²) in [6, 6.07) is 0. The van der Waals surface area contributed by atoms with Crippen LogP contribution < -0.4 is 66.7 Å². The number of aliphatic carboxylic acids is 10. The van der Waals surface area contributed by atoms with Crippen molar-refractivity contribution in [2.24, 2.45) is 0 Å². The Hall–Kier alpha value is -8.07. The largest absolute Gasteiger partial charge is 2.00 e. The first-order chi connectivity index (χ1) is 59.1. The van der Waals surface area contributed by atoms with Gasteiger partial charge in [-0.3, -0.25) is 0 Å². The van der Waals surface area contributed by atoms with E-state index >= 15 is 0 Å². The molecule has 0 aromatic rings. The molecule has 0 aromatic carbocycles. The maximum atomic E-state index is 10.1. The minimum atomic E-state index is -2.36.